The van der Waals surface area contributed by atoms with Crippen LogP contribution in [-0.2, 0) is 0 Å². The number of aryl methyl sites for hydroxylation is 1. The van der Waals surface area contributed by atoms with Crippen molar-refractivity contribution in [1.82, 2.24) is 4.90 Å². The van der Waals surface area contributed by atoms with Crippen LogP contribution in [0.1, 0.15) is 55.2 Å². The van der Waals surface area contributed by atoms with Crippen molar-refractivity contribution in [2.24, 2.45) is 5.92 Å². The minimum atomic E-state index is 0.328. The molecule has 4 rings (SSSR count). The van der Waals surface area contributed by atoms with Crippen molar-refractivity contribution in [2.45, 2.75) is 45.4 Å². The summed E-state index contributed by atoms with van der Waals surface area (Å²) in [5.41, 5.74) is 5.16. The first kappa shape index (κ1) is 17.4. The molecule has 1 fully saturated rings. The van der Waals surface area contributed by atoms with Crippen LogP contribution in [0.2, 0.25) is 0 Å². The van der Waals surface area contributed by atoms with Crippen LogP contribution in [0.3, 0.4) is 0 Å². The van der Waals surface area contributed by atoms with Gasteiger partial charge in [-0.05, 0) is 62.1 Å². The fourth-order valence-corrected chi connectivity index (χ4v) is 4.56. The van der Waals surface area contributed by atoms with Gasteiger partial charge in [0.15, 0.2) is 0 Å². The summed E-state index contributed by atoms with van der Waals surface area (Å²) in [6.07, 6.45) is 11.5. The zero-order valence-electron chi connectivity index (χ0n) is 16.0. The number of likely N-dealkylation sites (N-methyl/N-ethyl adjacent to an activating group) is 1. The van der Waals surface area contributed by atoms with E-state index in [4.69, 9.17) is 4.74 Å². The number of aromatic hydroxyl groups is 1. The van der Waals surface area contributed by atoms with Crippen LogP contribution in [0.15, 0.2) is 30.6 Å². The molecule has 1 aromatic carbocycles. The largest absolute Gasteiger partial charge is 0.507 e. The molecular formula is C23H29NO2. The van der Waals surface area contributed by atoms with E-state index in [1.807, 2.05) is 13.0 Å². The molecule has 138 valence electrons. The second kappa shape index (κ2) is 6.96. The van der Waals surface area contributed by atoms with E-state index in [-0.39, 0.29) is 0 Å². The van der Waals surface area contributed by atoms with Gasteiger partial charge in [-0.25, -0.2) is 0 Å². The van der Waals surface area contributed by atoms with E-state index in [1.165, 1.54) is 37.7 Å². The lowest BCUT2D eigenvalue weighted by atomic mass is 9.84. The Morgan fingerprint density at radius 2 is 1.96 bits per heavy atom. The van der Waals surface area contributed by atoms with E-state index < -0.39 is 0 Å². The van der Waals surface area contributed by atoms with E-state index in [2.05, 4.69) is 30.7 Å². The highest BCUT2D eigenvalue weighted by Crippen LogP contribution is 2.48. The maximum absolute atomic E-state index is 10.8. The Hall–Kier alpha value is -2.00. The van der Waals surface area contributed by atoms with E-state index in [0.29, 0.717) is 11.7 Å². The molecule has 2 aliphatic heterocycles. The number of ether oxygens (including phenoxy) is 1. The van der Waals surface area contributed by atoms with Gasteiger partial charge in [0.05, 0.1) is 5.56 Å². The second-order valence-corrected chi connectivity index (χ2v) is 8.04. The normalized spacial score (nSPS) is 21.7. The summed E-state index contributed by atoms with van der Waals surface area (Å²) < 4.78 is 6.50. The summed E-state index contributed by atoms with van der Waals surface area (Å²) in [6, 6.07) is 1.86. The first-order chi connectivity index (χ1) is 12.5. The SMILES string of the molecule is C=C1C=C(C2CCCCC2)Oc2c1c(C)cc(O)c2C1=CCN(C)CC1. The van der Waals surface area contributed by atoms with Crippen LogP contribution >= 0.6 is 0 Å². The Kier molecular flexibility index (Phi) is 4.66. The summed E-state index contributed by atoms with van der Waals surface area (Å²) in [7, 11) is 2.13. The molecule has 3 aliphatic rings. The van der Waals surface area contributed by atoms with Crippen LogP contribution < -0.4 is 4.74 Å². The molecule has 0 amide bonds. The number of hydrogen-bond acceptors (Lipinski definition) is 3. The van der Waals surface area contributed by atoms with Crippen LogP contribution in [0.5, 0.6) is 11.5 Å². The number of nitrogens with zero attached hydrogens (tertiary/aromatic N) is 1. The number of fused-ring (bicyclic) bond motifs is 1. The van der Waals surface area contributed by atoms with E-state index in [1.54, 1.807) is 0 Å². The molecule has 0 saturated heterocycles. The predicted molar refractivity (Wildman–Crippen MR) is 107 cm³/mol. The molecule has 2 heterocycles. The number of benzene rings is 1. The minimum Gasteiger partial charge on any atom is -0.507 e. The van der Waals surface area contributed by atoms with Crippen molar-refractivity contribution < 1.29 is 9.84 Å². The van der Waals surface area contributed by atoms with Crippen molar-refractivity contribution in [2.75, 3.05) is 20.1 Å². The molecule has 0 spiro atoms. The maximum Gasteiger partial charge on any atom is 0.146 e. The fraction of sp³-hybridized carbons (Fsp3) is 0.478. The number of hydrogen-bond donors (Lipinski definition) is 1. The minimum absolute atomic E-state index is 0.328. The van der Waals surface area contributed by atoms with Gasteiger partial charge in [-0.2, -0.15) is 0 Å². The molecule has 3 heteroatoms. The summed E-state index contributed by atoms with van der Waals surface area (Å²) in [5.74, 6) is 2.68. The average molecular weight is 351 g/mol. The highest BCUT2D eigenvalue weighted by molar-refractivity contribution is 5.88. The van der Waals surface area contributed by atoms with Crippen LogP contribution in [0.4, 0.5) is 0 Å². The topological polar surface area (TPSA) is 32.7 Å². The Balaban J connectivity index is 1.78. The van der Waals surface area contributed by atoms with Gasteiger partial charge in [-0.15, -0.1) is 0 Å². The zero-order valence-corrected chi connectivity index (χ0v) is 16.0. The summed E-state index contributed by atoms with van der Waals surface area (Å²) in [6.45, 7) is 8.26. The van der Waals surface area contributed by atoms with E-state index >= 15 is 0 Å². The predicted octanol–water partition coefficient (Wildman–Crippen LogP) is 5.29. The van der Waals surface area contributed by atoms with Crippen molar-refractivity contribution in [3.63, 3.8) is 0 Å². The molecule has 0 atom stereocenters. The van der Waals surface area contributed by atoms with Crippen molar-refractivity contribution in [1.29, 1.82) is 0 Å². The number of phenolic OH excluding ortho intramolecular Hbond substituents is 1. The van der Waals surface area contributed by atoms with Gasteiger partial charge < -0.3 is 14.7 Å². The van der Waals surface area contributed by atoms with Crippen LogP contribution in [0.25, 0.3) is 11.1 Å². The third-order valence-corrected chi connectivity index (χ3v) is 6.06. The molecule has 1 aliphatic carbocycles. The monoisotopic (exact) mass is 351 g/mol. The molecule has 1 N–H and O–H groups in total. The van der Waals surface area contributed by atoms with Gasteiger partial charge in [-0.3, -0.25) is 0 Å². The number of allylic oxidation sites excluding steroid dienone is 3. The van der Waals surface area contributed by atoms with E-state index in [9.17, 15) is 5.11 Å². The van der Waals surface area contributed by atoms with Crippen molar-refractivity contribution in [3.8, 4) is 11.5 Å². The first-order valence-electron chi connectivity index (χ1n) is 9.88. The molecule has 0 aromatic heterocycles. The molecule has 1 saturated carbocycles. The quantitative estimate of drug-likeness (QED) is 0.786. The smallest absolute Gasteiger partial charge is 0.146 e. The lowest BCUT2D eigenvalue weighted by Crippen LogP contribution is -2.24. The molecule has 3 nitrogen and oxygen atoms in total. The molecule has 26 heavy (non-hydrogen) atoms. The van der Waals surface area contributed by atoms with Gasteiger partial charge in [0.1, 0.15) is 17.3 Å². The van der Waals surface area contributed by atoms with E-state index in [0.717, 1.165) is 53.3 Å². The highest BCUT2D eigenvalue weighted by atomic mass is 16.5. The van der Waals surface area contributed by atoms with Gasteiger partial charge in [-0.1, -0.05) is 31.9 Å². The number of rotatable bonds is 2. The second-order valence-electron chi connectivity index (χ2n) is 8.04. The molecular weight excluding hydrogens is 322 g/mol. The van der Waals surface area contributed by atoms with Crippen molar-refractivity contribution in [3.05, 3.63) is 47.2 Å². The maximum atomic E-state index is 10.8. The third kappa shape index (κ3) is 3.09. The standard InChI is InChI=1S/C23H29NO2/c1-15-13-19(25)22(18-9-11-24(3)12-10-18)23-21(15)16(2)14-20(26-23)17-7-5-4-6-8-17/h9,13-14,17,25H,2,4-8,10-12H2,1,3H3. The lowest BCUT2D eigenvalue weighted by molar-refractivity contribution is 0.285. The van der Waals surface area contributed by atoms with Crippen LogP contribution in [-0.4, -0.2) is 30.1 Å². The Labute approximate surface area is 156 Å². The summed E-state index contributed by atoms with van der Waals surface area (Å²) in [5, 5.41) is 10.8. The third-order valence-electron chi connectivity index (χ3n) is 6.06. The highest BCUT2D eigenvalue weighted by Gasteiger charge is 2.30. The molecule has 1 aromatic rings. The molecule has 0 unspecified atom stereocenters. The van der Waals surface area contributed by atoms with Crippen molar-refractivity contribution >= 4 is 11.1 Å². The van der Waals surface area contributed by atoms with Gasteiger partial charge in [0.25, 0.3) is 0 Å². The fourth-order valence-electron chi connectivity index (χ4n) is 4.56. The van der Waals surface area contributed by atoms with Gasteiger partial charge >= 0.3 is 0 Å². The first-order valence-corrected chi connectivity index (χ1v) is 9.88. The Morgan fingerprint density at radius 3 is 2.65 bits per heavy atom. The zero-order chi connectivity index (χ0) is 18.3. The average Bonchev–Trinajstić information content (AvgIpc) is 2.63. The Morgan fingerprint density at radius 1 is 1.19 bits per heavy atom. The number of phenols is 1. The van der Waals surface area contributed by atoms with Crippen LogP contribution in [0, 0.1) is 12.8 Å². The summed E-state index contributed by atoms with van der Waals surface area (Å²) >= 11 is 0. The lowest BCUT2D eigenvalue weighted by Gasteiger charge is -2.31. The van der Waals surface area contributed by atoms with Gasteiger partial charge in [0.2, 0.25) is 0 Å². The molecule has 0 radical (unpaired) electrons. The Bertz CT molecular complexity index is 797. The molecule has 0 bridgehead atoms. The summed E-state index contributed by atoms with van der Waals surface area (Å²) in [4.78, 5) is 2.29. The van der Waals surface area contributed by atoms with Gasteiger partial charge in [0, 0.05) is 24.6 Å².